The Kier molecular flexibility index (Phi) is 5.35. The summed E-state index contributed by atoms with van der Waals surface area (Å²) in [5, 5.41) is 4.46. The van der Waals surface area contributed by atoms with Crippen LogP contribution < -0.4 is 5.32 Å². The van der Waals surface area contributed by atoms with Gasteiger partial charge in [0.2, 0.25) is 0 Å². The van der Waals surface area contributed by atoms with E-state index in [0.717, 1.165) is 6.54 Å². The summed E-state index contributed by atoms with van der Waals surface area (Å²) in [6, 6.07) is -0.218. The van der Waals surface area contributed by atoms with Gasteiger partial charge in [-0.25, -0.2) is 0 Å². The summed E-state index contributed by atoms with van der Waals surface area (Å²) in [5.74, 6) is 0.164. The Labute approximate surface area is 67.0 Å². The van der Waals surface area contributed by atoms with Crippen molar-refractivity contribution in [2.24, 2.45) is 0 Å². The molecule has 2 nitrogen and oxygen atoms in total. The molecule has 0 aliphatic heterocycles. The van der Waals surface area contributed by atoms with Crippen LogP contribution in [0.5, 0.6) is 0 Å². The molecule has 58 valence electrons. The fraction of sp³-hybridized carbons (Fsp3) is 0.714. The molecule has 0 bridgehead atoms. The van der Waals surface area contributed by atoms with Gasteiger partial charge < -0.3 is 5.32 Å². The molecule has 10 heavy (non-hydrogen) atoms. The Morgan fingerprint density at radius 2 is 2.30 bits per heavy atom. The van der Waals surface area contributed by atoms with Gasteiger partial charge >= 0.3 is 0 Å². The maximum absolute atomic E-state index is 11.0. The highest BCUT2D eigenvalue weighted by Gasteiger charge is 2.10. The second kappa shape index (κ2) is 5.50. The Morgan fingerprint density at radius 3 is 2.60 bits per heavy atom. The van der Waals surface area contributed by atoms with Crippen LogP contribution in [0.3, 0.4) is 0 Å². The molecule has 0 aliphatic rings. The van der Waals surface area contributed by atoms with Gasteiger partial charge in [0.25, 0.3) is 0 Å². The van der Waals surface area contributed by atoms with Crippen molar-refractivity contribution in [2.75, 3.05) is 6.54 Å². The minimum atomic E-state index is -0.218. The normalized spacial score (nSPS) is 12.6. The Morgan fingerprint density at radius 1 is 1.70 bits per heavy atom. The lowest BCUT2D eigenvalue weighted by atomic mass is 10.2. The molecule has 0 radical (unpaired) electrons. The van der Waals surface area contributed by atoms with Crippen LogP contribution in [0.25, 0.3) is 0 Å². The summed E-state index contributed by atoms with van der Waals surface area (Å²) < 4.78 is 0. The van der Waals surface area contributed by atoms with Gasteiger partial charge in [0.05, 0.1) is 6.04 Å². The van der Waals surface area contributed by atoms with Crippen LogP contribution >= 0.6 is 12.2 Å². The molecule has 0 amide bonds. The standard InChI is InChI=1S/C7H13NOS/c1-3-7(9)6(5-10)8-4-2/h5-6,8H,3-4H2,1-2H3. The molecule has 1 atom stereocenters. The van der Waals surface area contributed by atoms with E-state index < -0.39 is 0 Å². The third-order valence-electron chi connectivity index (χ3n) is 1.26. The molecule has 0 aromatic carbocycles. The molecule has 0 rings (SSSR count). The molecule has 1 unspecified atom stereocenters. The van der Waals surface area contributed by atoms with E-state index >= 15 is 0 Å². The highest BCUT2D eigenvalue weighted by Crippen LogP contribution is 1.87. The van der Waals surface area contributed by atoms with Crippen LogP contribution in [-0.4, -0.2) is 23.7 Å². The van der Waals surface area contributed by atoms with E-state index in [2.05, 4.69) is 17.5 Å². The fourth-order valence-electron chi connectivity index (χ4n) is 0.678. The minimum absolute atomic E-state index is 0.164. The predicted octanol–water partition coefficient (Wildman–Crippen LogP) is 0.943. The SMILES string of the molecule is CCNC(C=S)C(=O)CC. The zero-order valence-electron chi connectivity index (χ0n) is 6.39. The second-order valence-electron chi connectivity index (χ2n) is 1.99. The van der Waals surface area contributed by atoms with E-state index in [1.165, 1.54) is 5.37 Å². The Bertz CT molecular complexity index is 125. The van der Waals surface area contributed by atoms with Crippen molar-refractivity contribution in [1.82, 2.24) is 5.32 Å². The topological polar surface area (TPSA) is 29.1 Å². The first-order valence-electron chi connectivity index (χ1n) is 3.47. The largest absolute Gasteiger partial charge is 0.304 e. The predicted molar refractivity (Wildman–Crippen MR) is 46.4 cm³/mol. The van der Waals surface area contributed by atoms with Crippen LogP contribution in [0.4, 0.5) is 0 Å². The molecule has 0 aromatic heterocycles. The number of Topliss-reactive ketones (excluding diaryl/α,β-unsaturated/α-hetero) is 1. The number of nitrogens with one attached hydrogen (secondary N) is 1. The van der Waals surface area contributed by atoms with Gasteiger partial charge in [0.1, 0.15) is 0 Å². The molecule has 3 heteroatoms. The van der Waals surface area contributed by atoms with Crippen LogP contribution in [-0.2, 0) is 4.79 Å². The van der Waals surface area contributed by atoms with Crippen molar-refractivity contribution < 1.29 is 4.79 Å². The summed E-state index contributed by atoms with van der Waals surface area (Å²) in [4.78, 5) is 11.0. The number of rotatable bonds is 5. The maximum atomic E-state index is 11.0. The van der Waals surface area contributed by atoms with Gasteiger partial charge in [0.15, 0.2) is 5.78 Å². The van der Waals surface area contributed by atoms with Crippen molar-refractivity contribution in [3.63, 3.8) is 0 Å². The average molecular weight is 159 g/mol. The van der Waals surface area contributed by atoms with Crippen LogP contribution in [0.2, 0.25) is 0 Å². The quantitative estimate of drug-likeness (QED) is 0.605. The molecule has 0 heterocycles. The maximum Gasteiger partial charge on any atom is 0.154 e. The summed E-state index contributed by atoms with van der Waals surface area (Å²) >= 11 is 4.67. The number of carbonyl (C=O) groups excluding carboxylic acids is 1. The molecular formula is C7H13NOS. The highest BCUT2D eigenvalue weighted by molar-refractivity contribution is 7.79. The highest BCUT2D eigenvalue weighted by atomic mass is 32.1. The monoisotopic (exact) mass is 159 g/mol. The van der Waals surface area contributed by atoms with Gasteiger partial charge in [-0.3, -0.25) is 4.79 Å². The van der Waals surface area contributed by atoms with Crippen molar-refractivity contribution in [3.8, 4) is 0 Å². The molecule has 0 aromatic rings. The van der Waals surface area contributed by atoms with Crippen LogP contribution in [0, 0.1) is 0 Å². The lowest BCUT2D eigenvalue weighted by Gasteiger charge is -2.08. The van der Waals surface area contributed by atoms with E-state index in [9.17, 15) is 4.79 Å². The van der Waals surface area contributed by atoms with Gasteiger partial charge in [-0.05, 0) is 6.54 Å². The molecule has 0 saturated carbocycles. The zero-order chi connectivity index (χ0) is 7.98. The lowest BCUT2D eigenvalue weighted by molar-refractivity contribution is -0.119. The van der Waals surface area contributed by atoms with Gasteiger partial charge in [0, 0.05) is 11.8 Å². The van der Waals surface area contributed by atoms with E-state index in [0.29, 0.717) is 6.42 Å². The minimum Gasteiger partial charge on any atom is -0.304 e. The van der Waals surface area contributed by atoms with Crippen molar-refractivity contribution in [1.29, 1.82) is 0 Å². The lowest BCUT2D eigenvalue weighted by Crippen LogP contribution is -2.36. The first-order chi connectivity index (χ1) is 4.76. The summed E-state index contributed by atoms with van der Waals surface area (Å²) in [6.45, 7) is 4.57. The Balaban J connectivity index is 3.80. The molecule has 0 aliphatic carbocycles. The summed E-state index contributed by atoms with van der Waals surface area (Å²) in [7, 11) is 0. The van der Waals surface area contributed by atoms with Crippen molar-refractivity contribution >= 4 is 23.4 Å². The molecular weight excluding hydrogens is 146 g/mol. The van der Waals surface area contributed by atoms with E-state index in [1.54, 1.807) is 0 Å². The first kappa shape index (κ1) is 9.72. The van der Waals surface area contributed by atoms with Crippen LogP contribution in [0.15, 0.2) is 0 Å². The van der Waals surface area contributed by atoms with E-state index in [4.69, 9.17) is 0 Å². The van der Waals surface area contributed by atoms with Crippen molar-refractivity contribution in [3.05, 3.63) is 0 Å². The third kappa shape index (κ3) is 3.03. The smallest absolute Gasteiger partial charge is 0.154 e. The molecule has 0 saturated heterocycles. The number of ketones is 1. The number of thiocarbonyl (C=S) groups is 1. The van der Waals surface area contributed by atoms with E-state index in [-0.39, 0.29) is 11.8 Å². The summed E-state index contributed by atoms with van der Waals surface area (Å²) in [6.07, 6.45) is 0.546. The number of hydrogen-bond donors (Lipinski definition) is 1. The zero-order valence-corrected chi connectivity index (χ0v) is 7.20. The fourth-order valence-corrected chi connectivity index (χ4v) is 0.926. The molecule has 0 spiro atoms. The number of hydrogen-bond acceptors (Lipinski definition) is 3. The molecule has 0 fully saturated rings. The average Bonchev–Trinajstić information content (AvgIpc) is 1.99. The van der Waals surface area contributed by atoms with Crippen molar-refractivity contribution in [2.45, 2.75) is 26.3 Å². The number of carbonyl (C=O) groups is 1. The van der Waals surface area contributed by atoms with Gasteiger partial charge in [-0.2, -0.15) is 0 Å². The van der Waals surface area contributed by atoms with Crippen LogP contribution in [0.1, 0.15) is 20.3 Å². The van der Waals surface area contributed by atoms with Gasteiger partial charge in [-0.1, -0.05) is 26.1 Å². The first-order valence-corrected chi connectivity index (χ1v) is 3.94. The summed E-state index contributed by atoms with van der Waals surface area (Å²) in [5.41, 5.74) is 0. The van der Waals surface area contributed by atoms with Gasteiger partial charge in [-0.15, -0.1) is 0 Å². The third-order valence-corrected chi connectivity index (χ3v) is 1.53. The second-order valence-corrected chi connectivity index (χ2v) is 2.26. The van der Waals surface area contributed by atoms with E-state index in [1.807, 2.05) is 13.8 Å². The Hall–Kier alpha value is -0.280. The number of likely N-dealkylation sites (N-methyl/N-ethyl adjacent to an activating group) is 1. The molecule has 1 N–H and O–H groups in total.